The summed E-state index contributed by atoms with van der Waals surface area (Å²) in [6.45, 7) is 8.52. The first-order valence-electron chi connectivity index (χ1n) is 12.7. The van der Waals surface area contributed by atoms with Crippen molar-refractivity contribution in [3.8, 4) is 17.2 Å². The minimum absolute atomic E-state index is 0.00629. The number of anilines is 1. The number of fused-ring (bicyclic) bond motifs is 2. The van der Waals surface area contributed by atoms with Crippen LogP contribution >= 0.6 is 11.6 Å². The fourth-order valence-electron chi connectivity index (χ4n) is 4.84. The molecule has 0 saturated carbocycles. The van der Waals surface area contributed by atoms with Crippen molar-refractivity contribution >= 4 is 34.2 Å². The lowest BCUT2D eigenvalue weighted by atomic mass is 9.97. The lowest BCUT2D eigenvalue weighted by molar-refractivity contribution is 0.0971. The van der Waals surface area contributed by atoms with E-state index in [4.69, 9.17) is 30.2 Å². The summed E-state index contributed by atoms with van der Waals surface area (Å²) >= 11 is 6.46. The monoisotopic (exact) mass is 547 g/mol. The summed E-state index contributed by atoms with van der Waals surface area (Å²) in [5.41, 5.74) is 3.47. The van der Waals surface area contributed by atoms with Crippen molar-refractivity contribution in [3.05, 3.63) is 91.8 Å². The number of methoxy groups -OCH3 is 2. The summed E-state index contributed by atoms with van der Waals surface area (Å²) < 4.78 is 23.0. The number of aryl methyl sites for hydroxylation is 2. The molecular weight excluding hydrogens is 518 g/mol. The van der Waals surface area contributed by atoms with Crippen LogP contribution in [-0.2, 0) is 0 Å². The van der Waals surface area contributed by atoms with Crippen LogP contribution < -0.4 is 24.5 Å². The number of ether oxygens (including phenoxy) is 3. The lowest BCUT2D eigenvalue weighted by Gasteiger charge is -2.26. The van der Waals surface area contributed by atoms with Crippen molar-refractivity contribution in [1.29, 1.82) is 0 Å². The molecule has 4 aromatic rings. The van der Waals surface area contributed by atoms with Gasteiger partial charge in [-0.1, -0.05) is 31.5 Å². The topological polar surface area (TPSA) is 78.2 Å². The third kappa shape index (κ3) is 4.61. The van der Waals surface area contributed by atoms with Crippen LogP contribution in [0.25, 0.3) is 11.0 Å². The molecule has 0 spiro atoms. The van der Waals surface area contributed by atoms with Gasteiger partial charge in [0.1, 0.15) is 11.3 Å². The van der Waals surface area contributed by atoms with Crippen molar-refractivity contribution in [2.75, 3.05) is 25.7 Å². The Hall–Kier alpha value is -3.97. The maximum atomic E-state index is 14.0. The number of hydrogen-bond acceptors (Lipinski definition) is 6. The number of carbonyl (C=O) groups is 1. The van der Waals surface area contributed by atoms with Crippen molar-refractivity contribution in [1.82, 2.24) is 0 Å². The van der Waals surface area contributed by atoms with Gasteiger partial charge in [-0.05, 0) is 78.9 Å². The third-order valence-corrected chi connectivity index (χ3v) is 7.27. The minimum Gasteiger partial charge on any atom is -0.495 e. The van der Waals surface area contributed by atoms with Gasteiger partial charge in [0.05, 0.1) is 42.8 Å². The molecule has 1 aliphatic heterocycles. The van der Waals surface area contributed by atoms with Gasteiger partial charge >= 0.3 is 0 Å². The molecule has 1 unspecified atom stereocenters. The molecule has 0 saturated heterocycles. The van der Waals surface area contributed by atoms with Crippen LogP contribution in [0.5, 0.6) is 17.2 Å². The first-order valence-corrected chi connectivity index (χ1v) is 13.1. The molecule has 1 aliphatic rings. The van der Waals surface area contributed by atoms with Crippen molar-refractivity contribution in [3.63, 3.8) is 0 Å². The summed E-state index contributed by atoms with van der Waals surface area (Å²) in [6.07, 6.45) is 0. The number of benzene rings is 3. The normalized spacial score (nSPS) is 14.7. The second-order valence-corrected chi connectivity index (χ2v) is 10.5. The Labute approximate surface area is 231 Å². The first kappa shape index (κ1) is 26.6. The molecule has 2 heterocycles. The predicted molar refractivity (Wildman–Crippen MR) is 152 cm³/mol. The Morgan fingerprint density at radius 2 is 1.62 bits per heavy atom. The van der Waals surface area contributed by atoms with Crippen molar-refractivity contribution in [2.45, 2.75) is 33.7 Å². The molecule has 7 nitrogen and oxygen atoms in total. The van der Waals surface area contributed by atoms with Crippen LogP contribution in [0.1, 0.15) is 52.7 Å². The number of hydrogen-bond donors (Lipinski definition) is 0. The van der Waals surface area contributed by atoms with E-state index < -0.39 is 11.9 Å². The molecular formula is C31H30ClNO6. The molecule has 1 atom stereocenters. The number of nitrogens with zero attached hydrogens (tertiary/aromatic N) is 1. The fraction of sp³-hybridized carbons (Fsp3) is 0.290. The lowest BCUT2D eigenvalue weighted by Crippen LogP contribution is -2.29. The largest absolute Gasteiger partial charge is 0.495 e. The Morgan fingerprint density at radius 1 is 0.923 bits per heavy atom. The van der Waals surface area contributed by atoms with E-state index in [1.54, 1.807) is 43.5 Å². The SMILES string of the molecule is COc1ccc(N2C(=O)c3oc4cc(C)c(C)cc4c(=O)c3C2c2ccc(OCC(C)C)c(OC)c2)cc1Cl. The van der Waals surface area contributed by atoms with E-state index in [0.717, 1.165) is 11.1 Å². The zero-order chi connectivity index (χ0) is 28.0. The van der Waals surface area contributed by atoms with Crippen molar-refractivity contribution in [2.24, 2.45) is 5.92 Å². The molecule has 1 amide bonds. The molecule has 39 heavy (non-hydrogen) atoms. The highest BCUT2D eigenvalue weighted by atomic mass is 35.5. The molecule has 8 heteroatoms. The highest BCUT2D eigenvalue weighted by Crippen LogP contribution is 2.44. The average molecular weight is 548 g/mol. The number of amides is 1. The van der Waals surface area contributed by atoms with Gasteiger partial charge in [0.25, 0.3) is 5.91 Å². The molecule has 202 valence electrons. The first-order chi connectivity index (χ1) is 18.6. The zero-order valence-corrected chi connectivity index (χ0v) is 23.5. The summed E-state index contributed by atoms with van der Waals surface area (Å²) in [5.74, 6) is 1.45. The highest BCUT2D eigenvalue weighted by molar-refractivity contribution is 6.32. The van der Waals surface area contributed by atoms with Crippen LogP contribution in [0.3, 0.4) is 0 Å². The second-order valence-electron chi connectivity index (χ2n) is 10.1. The van der Waals surface area contributed by atoms with E-state index in [1.807, 2.05) is 26.0 Å². The van der Waals surface area contributed by atoms with Gasteiger partial charge in [-0.2, -0.15) is 0 Å². The molecule has 0 radical (unpaired) electrons. The molecule has 0 bridgehead atoms. The number of carbonyl (C=O) groups excluding carboxylic acids is 1. The standard InChI is InChI=1S/C31H30ClNO6/c1-16(2)15-38-24-9-7-19(13-26(24)37-6)28-27-29(34)21-11-17(3)18(4)12-25(21)39-30(27)31(35)33(28)20-8-10-23(36-5)22(32)14-20/h7-14,16,28H,15H2,1-6H3. The summed E-state index contributed by atoms with van der Waals surface area (Å²) in [7, 11) is 3.08. The van der Waals surface area contributed by atoms with Crippen LogP contribution in [0.4, 0.5) is 5.69 Å². The molecule has 3 aromatic carbocycles. The molecule has 0 fully saturated rings. The van der Waals surface area contributed by atoms with Crippen LogP contribution in [0.2, 0.25) is 5.02 Å². The maximum Gasteiger partial charge on any atom is 0.295 e. The van der Waals surface area contributed by atoms with E-state index in [-0.39, 0.29) is 16.8 Å². The third-order valence-electron chi connectivity index (χ3n) is 6.98. The Balaban J connectivity index is 1.75. The Bertz CT molecular complexity index is 1660. The van der Waals surface area contributed by atoms with E-state index in [0.29, 0.717) is 57.0 Å². The molecule has 5 rings (SSSR count). The van der Waals surface area contributed by atoms with Gasteiger partial charge in [0.2, 0.25) is 5.76 Å². The maximum absolute atomic E-state index is 14.0. The van der Waals surface area contributed by atoms with Gasteiger partial charge in [-0.25, -0.2) is 0 Å². The minimum atomic E-state index is -0.785. The van der Waals surface area contributed by atoms with Gasteiger partial charge in [0, 0.05) is 5.69 Å². The van der Waals surface area contributed by atoms with E-state index in [2.05, 4.69) is 13.8 Å². The summed E-state index contributed by atoms with van der Waals surface area (Å²) in [5, 5.41) is 0.760. The Kier molecular flexibility index (Phi) is 7.03. The van der Waals surface area contributed by atoms with Crippen LogP contribution in [0.15, 0.2) is 57.7 Å². The van der Waals surface area contributed by atoms with Crippen LogP contribution in [0, 0.1) is 19.8 Å². The van der Waals surface area contributed by atoms with Gasteiger partial charge in [-0.3, -0.25) is 14.5 Å². The summed E-state index contributed by atoms with van der Waals surface area (Å²) in [6, 6.07) is 13.3. The zero-order valence-electron chi connectivity index (χ0n) is 22.8. The van der Waals surface area contributed by atoms with E-state index in [1.165, 1.54) is 12.0 Å². The van der Waals surface area contributed by atoms with Gasteiger partial charge in [0.15, 0.2) is 16.9 Å². The fourth-order valence-corrected chi connectivity index (χ4v) is 5.10. The summed E-state index contributed by atoms with van der Waals surface area (Å²) in [4.78, 5) is 29.5. The highest BCUT2D eigenvalue weighted by Gasteiger charge is 2.44. The number of halogens is 1. The van der Waals surface area contributed by atoms with Gasteiger partial charge in [-0.15, -0.1) is 0 Å². The van der Waals surface area contributed by atoms with Crippen molar-refractivity contribution < 1.29 is 23.4 Å². The smallest absolute Gasteiger partial charge is 0.295 e. The average Bonchev–Trinajstić information content (AvgIpc) is 3.20. The molecule has 0 aliphatic carbocycles. The molecule has 0 N–H and O–H groups in total. The second kappa shape index (κ2) is 10.3. The van der Waals surface area contributed by atoms with E-state index >= 15 is 0 Å². The quantitative estimate of drug-likeness (QED) is 0.251. The van der Waals surface area contributed by atoms with Gasteiger partial charge < -0.3 is 18.6 Å². The van der Waals surface area contributed by atoms with Crippen LogP contribution in [-0.4, -0.2) is 26.7 Å². The predicted octanol–water partition coefficient (Wildman–Crippen LogP) is 6.87. The molecule has 1 aromatic heterocycles. The number of rotatable bonds is 7. The van der Waals surface area contributed by atoms with E-state index in [9.17, 15) is 9.59 Å². The Morgan fingerprint density at radius 3 is 2.28 bits per heavy atom.